The highest BCUT2D eigenvalue weighted by atomic mass is 31.1. The SMILES string of the molecule is C/C=C(\C(=C/CC)c1ccccc1P(c1ccccc1)c1ccccc1)N(C)C. The van der Waals surface area contributed by atoms with E-state index in [1.807, 2.05) is 0 Å². The number of rotatable bonds is 7. The lowest BCUT2D eigenvalue weighted by molar-refractivity contribution is 0.533. The molecule has 0 aliphatic heterocycles. The van der Waals surface area contributed by atoms with Gasteiger partial charge in [-0.05, 0) is 42.7 Å². The predicted octanol–water partition coefficient (Wildman–Crippen LogP) is 5.70. The molecule has 2 heteroatoms. The standard InChI is InChI=1S/C27H30NP/c1-5-15-24(26(6-2)28(3)4)25-20-13-14-21-27(25)29(22-16-9-7-10-17-22)23-18-11-8-12-19-23/h6-21H,5H2,1-4H3/b24-15-,26-6+. The van der Waals surface area contributed by atoms with E-state index in [2.05, 4.69) is 130 Å². The molecule has 0 aliphatic carbocycles. The Morgan fingerprint density at radius 1 is 0.793 bits per heavy atom. The van der Waals surface area contributed by atoms with Crippen LogP contribution in [0.4, 0.5) is 0 Å². The van der Waals surface area contributed by atoms with Gasteiger partial charge in [-0.15, -0.1) is 0 Å². The summed E-state index contributed by atoms with van der Waals surface area (Å²) in [4.78, 5) is 2.21. The van der Waals surface area contributed by atoms with Gasteiger partial charge in [0, 0.05) is 25.4 Å². The Kier molecular flexibility index (Phi) is 7.44. The van der Waals surface area contributed by atoms with E-state index in [4.69, 9.17) is 0 Å². The maximum Gasteiger partial charge on any atom is 0.0394 e. The van der Waals surface area contributed by atoms with Crippen LogP contribution in [-0.4, -0.2) is 19.0 Å². The van der Waals surface area contributed by atoms with Gasteiger partial charge < -0.3 is 4.90 Å². The molecule has 0 saturated heterocycles. The van der Waals surface area contributed by atoms with Gasteiger partial charge in [0.1, 0.15) is 0 Å². The number of nitrogens with zero attached hydrogens (tertiary/aromatic N) is 1. The highest BCUT2D eigenvalue weighted by molar-refractivity contribution is 7.80. The fraction of sp³-hybridized carbons (Fsp3) is 0.185. The Bertz CT molecular complexity index is 932. The van der Waals surface area contributed by atoms with E-state index in [1.165, 1.54) is 32.7 Å². The van der Waals surface area contributed by atoms with Gasteiger partial charge in [-0.2, -0.15) is 0 Å². The first-order valence-electron chi connectivity index (χ1n) is 10.2. The maximum absolute atomic E-state index is 2.36. The van der Waals surface area contributed by atoms with Gasteiger partial charge in [0.05, 0.1) is 0 Å². The molecule has 3 rings (SSSR count). The van der Waals surface area contributed by atoms with Crippen molar-refractivity contribution in [3.8, 4) is 0 Å². The fourth-order valence-electron chi connectivity index (χ4n) is 3.69. The van der Waals surface area contributed by atoms with Crippen molar-refractivity contribution in [2.24, 2.45) is 0 Å². The second-order valence-corrected chi connectivity index (χ2v) is 9.30. The molecule has 0 fully saturated rings. The van der Waals surface area contributed by atoms with Crippen molar-refractivity contribution in [1.82, 2.24) is 4.90 Å². The van der Waals surface area contributed by atoms with E-state index >= 15 is 0 Å². The molecule has 0 aliphatic rings. The Hall–Kier alpha value is -2.63. The van der Waals surface area contributed by atoms with E-state index in [9.17, 15) is 0 Å². The van der Waals surface area contributed by atoms with Crippen LogP contribution < -0.4 is 15.9 Å². The second kappa shape index (κ2) is 10.2. The zero-order valence-electron chi connectivity index (χ0n) is 17.8. The third-order valence-corrected chi connectivity index (χ3v) is 7.40. The molecule has 1 nitrogen and oxygen atoms in total. The monoisotopic (exact) mass is 399 g/mol. The summed E-state index contributed by atoms with van der Waals surface area (Å²) >= 11 is 0. The van der Waals surface area contributed by atoms with Crippen LogP contribution in [0.1, 0.15) is 25.8 Å². The van der Waals surface area contributed by atoms with Crippen molar-refractivity contribution in [1.29, 1.82) is 0 Å². The van der Waals surface area contributed by atoms with Crippen LogP contribution in [0.15, 0.2) is 103 Å². The predicted molar refractivity (Wildman–Crippen MR) is 131 cm³/mol. The van der Waals surface area contributed by atoms with Crippen molar-refractivity contribution in [3.63, 3.8) is 0 Å². The Morgan fingerprint density at radius 2 is 1.31 bits per heavy atom. The molecule has 0 radical (unpaired) electrons. The van der Waals surface area contributed by atoms with Gasteiger partial charge in [-0.3, -0.25) is 0 Å². The lowest BCUT2D eigenvalue weighted by Gasteiger charge is -2.26. The van der Waals surface area contributed by atoms with E-state index in [1.54, 1.807) is 0 Å². The largest absolute Gasteiger partial charge is 0.377 e. The summed E-state index contributed by atoms with van der Waals surface area (Å²) in [6.07, 6.45) is 5.58. The average molecular weight is 400 g/mol. The molecule has 0 spiro atoms. The molecular formula is C27H30NP. The highest BCUT2D eigenvalue weighted by Crippen LogP contribution is 2.37. The number of likely N-dealkylation sites (N-methyl/N-ethyl adjacent to an activating group) is 1. The molecule has 3 aromatic carbocycles. The third-order valence-electron chi connectivity index (χ3n) is 4.90. The van der Waals surface area contributed by atoms with Crippen molar-refractivity contribution < 1.29 is 0 Å². The molecule has 0 saturated carbocycles. The summed E-state index contributed by atoms with van der Waals surface area (Å²) in [5, 5.41) is 4.16. The van der Waals surface area contributed by atoms with E-state index in [0.717, 1.165) is 6.42 Å². The van der Waals surface area contributed by atoms with Crippen molar-refractivity contribution >= 4 is 29.4 Å². The van der Waals surface area contributed by atoms with Crippen LogP contribution in [0, 0.1) is 0 Å². The van der Waals surface area contributed by atoms with Gasteiger partial charge >= 0.3 is 0 Å². The molecule has 0 bridgehead atoms. The second-order valence-electron chi connectivity index (χ2n) is 7.12. The zero-order valence-corrected chi connectivity index (χ0v) is 18.7. The Labute approximate surface area is 177 Å². The van der Waals surface area contributed by atoms with Gasteiger partial charge in [0.25, 0.3) is 0 Å². The molecule has 0 atom stereocenters. The molecule has 0 amide bonds. The van der Waals surface area contributed by atoms with Gasteiger partial charge in [0.15, 0.2) is 0 Å². The van der Waals surface area contributed by atoms with Crippen molar-refractivity contribution in [2.45, 2.75) is 20.3 Å². The smallest absolute Gasteiger partial charge is 0.0394 e. The fourth-order valence-corrected chi connectivity index (χ4v) is 6.16. The summed E-state index contributed by atoms with van der Waals surface area (Å²) in [5.74, 6) is 0. The minimum Gasteiger partial charge on any atom is -0.377 e. The topological polar surface area (TPSA) is 3.24 Å². The number of benzene rings is 3. The minimum atomic E-state index is -0.646. The molecule has 0 heterocycles. The normalized spacial score (nSPS) is 12.3. The molecular weight excluding hydrogens is 369 g/mol. The summed E-state index contributed by atoms with van der Waals surface area (Å²) in [5.41, 5.74) is 3.90. The highest BCUT2D eigenvalue weighted by Gasteiger charge is 2.22. The molecule has 0 aromatic heterocycles. The van der Waals surface area contributed by atoms with Gasteiger partial charge in [-0.25, -0.2) is 0 Å². The molecule has 29 heavy (non-hydrogen) atoms. The van der Waals surface area contributed by atoms with Crippen LogP contribution in [0.3, 0.4) is 0 Å². The van der Waals surface area contributed by atoms with Crippen LogP contribution >= 0.6 is 7.92 Å². The molecule has 148 valence electrons. The van der Waals surface area contributed by atoms with Crippen LogP contribution in [0.2, 0.25) is 0 Å². The number of allylic oxidation sites excluding steroid dienone is 3. The van der Waals surface area contributed by atoms with Crippen LogP contribution in [0.25, 0.3) is 5.57 Å². The minimum absolute atomic E-state index is 0.646. The zero-order chi connectivity index (χ0) is 20.6. The van der Waals surface area contributed by atoms with Crippen molar-refractivity contribution in [3.05, 3.63) is 108 Å². The Morgan fingerprint density at radius 3 is 1.79 bits per heavy atom. The van der Waals surface area contributed by atoms with E-state index in [-0.39, 0.29) is 0 Å². The summed E-state index contributed by atoms with van der Waals surface area (Å²) in [6.45, 7) is 4.33. The lowest BCUT2D eigenvalue weighted by Crippen LogP contribution is -2.24. The van der Waals surface area contributed by atoms with Crippen LogP contribution in [-0.2, 0) is 0 Å². The van der Waals surface area contributed by atoms with E-state index in [0.29, 0.717) is 0 Å². The maximum atomic E-state index is 2.36. The Balaban J connectivity index is 2.25. The molecule has 3 aromatic rings. The van der Waals surface area contributed by atoms with Gasteiger partial charge in [-0.1, -0.05) is 104 Å². The number of hydrogen-bond donors (Lipinski definition) is 0. The van der Waals surface area contributed by atoms with Crippen molar-refractivity contribution in [2.75, 3.05) is 14.1 Å². The quantitative estimate of drug-likeness (QED) is 0.364. The first-order valence-corrected chi connectivity index (χ1v) is 11.5. The van der Waals surface area contributed by atoms with E-state index < -0.39 is 7.92 Å². The summed E-state index contributed by atoms with van der Waals surface area (Å²) in [7, 11) is 3.60. The lowest BCUT2D eigenvalue weighted by atomic mass is 10.0. The summed E-state index contributed by atoms with van der Waals surface area (Å²) in [6, 6.07) is 30.8. The first kappa shape index (κ1) is 21.1. The van der Waals surface area contributed by atoms with Crippen LogP contribution in [0.5, 0.6) is 0 Å². The average Bonchev–Trinajstić information content (AvgIpc) is 2.76. The first-order chi connectivity index (χ1) is 14.2. The number of hydrogen-bond acceptors (Lipinski definition) is 1. The summed E-state index contributed by atoms with van der Waals surface area (Å²) < 4.78 is 0. The third kappa shape index (κ3) is 4.86. The molecule has 0 unspecified atom stereocenters. The molecule has 0 N–H and O–H groups in total. The van der Waals surface area contributed by atoms with Gasteiger partial charge in [0.2, 0.25) is 0 Å².